The number of benzene rings is 2. The molecule has 0 aliphatic carbocycles. The van der Waals surface area contributed by atoms with E-state index in [9.17, 15) is 19.6 Å². The summed E-state index contributed by atoms with van der Waals surface area (Å²) in [6, 6.07) is 19.2. The number of imide groups is 1. The lowest BCUT2D eigenvalue weighted by atomic mass is 9.93. The van der Waals surface area contributed by atoms with Crippen LogP contribution < -0.4 is 4.74 Å². The quantitative estimate of drug-likeness (QED) is 0.115. The minimum Gasteiger partial charge on any atom is -0.494 e. The Hall–Kier alpha value is -5.01. The van der Waals surface area contributed by atoms with E-state index in [1.165, 1.54) is 6.92 Å². The summed E-state index contributed by atoms with van der Waals surface area (Å²) in [5.74, 6) is -0.350. The van der Waals surface area contributed by atoms with Crippen LogP contribution in [0.5, 0.6) is 5.75 Å². The molecule has 1 aromatic heterocycles. The lowest BCUT2D eigenvalue weighted by molar-refractivity contribution is -0.142. The van der Waals surface area contributed by atoms with E-state index in [1.807, 2.05) is 66.9 Å². The molecule has 0 saturated carbocycles. The Morgan fingerprint density at radius 2 is 1.73 bits per heavy atom. The third kappa shape index (κ3) is 7.88. The summed E-state index contributed by atoms with van der Waals surface area (Å²) in [4.78, 5) is 38.7. The number of carbonyl (C=O) groups excluding carboxylic acids is 3. The topological polar surface area (TPSA) is 124 Å². The Kier molecular flexibility index (Phi) is 10.8. The molecule has 10 nitrogen and oxygen atoms in total. The number of nitriles is 1. The second-order valence-electron chi connectivity index (χ2n) is 10.7. The molecule has 44 heavy (non-hydrogen) atoms. The summed E-state index contributed by atoms with van der Waals surface area (Å²) < 4.78 is 17.9. The zero-order valence-electron chi connectivity index (χ0n) is 25.4. The van der Waals surface area contributed by atoms with Gasteiger partial charge in [-0.05, 0) is 67.3 Å². The molecule has 0 saturated heterocycles. The number of aromatic nitrogens is 2. The summed E-state index contributed by atoms with van der Waals surface area (Å²) in [5.41, 5.74) is 3.28. The average Bonchev–Trinajstić information content (AvgIpc) is 3.43. The molecule has 2 heterocycles. The van der Waals surface area contributed by atoms with Gasteiger partial charge < -0.3 is 14.2 Å². The van der Waals surface area contributed by atoms with E-state index in [-0.39, 0.29) is 37.5 Å². The summed E-state index contributed by atoms with van der Waals surface area (Å²) in [7, 11) is 0. The first-order chi connectivity index (χ1) is 21.2. The van der Waals surface area contributed by atoms with Gasteiger partial charge in [0, 0.05) is 29.8 Å². The van der Waals surface area contributed by atoms with Crippen molar-refractivity contribution in [1.82, 2.24) is 14.7 Å². The standard InChI is InChI=1S/C34H36N4O6/c1-23(2)14-16-44-29-12-10-26(11-13-29)32-27(22-38(36-32)28-8-6-5-7-9-28)20-30-24(3)31(21-35)34(41)37(33(30)40)15-17-42-18-19-43-25(4)39/h5-13,20,22-23H,14-19H2,1-4H3/b30-20+. The highest BCUT2D eigenvalue weighted by Crippen LogP contribution is 2.32. The van der Waals surface area contributed by atoms with Gasteiger partial charge in [-0.15, -0.1) is 0 Å². The van der Waals surface area contributed by atoms with Gasteiger partial charge in [-0.1, -0.05) is 32.0 Å². The van der Waals surface area contributed by atoms with Gasteiger partial charge in [0.25, 0.3) is 11.8 Å². The van der Waals surface area contributed by atoms with Crippen molar-refractivity contribution in [2.75, 3.05) is 33.0 Å². The van der Waals surface area contributed by atoms with Crippen molar-refractivity contribution < 1.29 is 28.6 Å². The summed E-state index contributed by atoms with van der Waals surface area (Å²) >= 11 is 0. The molecule has 3 aromatic rings. The highest BCUT2D eigenvalue weighted by atomic mass is 16.6. The minimum absolute atomic E-state index is 0.0204. The van der Waals surface area contributed by atoms with Gasteiger partial charge in [0.15, 0.2) is 0 Å². The molecule has 2 amide bonds. The van der Waals surface area contributed by atoms with Crippen LogP contribution in [0.1, 0.15) is 39.7 Å². The third-order valence-corrected chi connectivity index (χ3v) is 6.97. The van der Waals surface area contributed by atoms with Crippen LogP contribution in [0.25, 0.3) is 23.0 Å². The van der Waals surface area contributed by atoms with E-state index in [0.29, 0.717) is 29.4 Å². The lowest BCUT2D eigenvalue weighted by Gasteiger charge is -2.27. The van der Waals surface area contributed by atoms with Crippen molar-refractivity contribution in [2.24, 2.45) is 5.92 Å². The third-order valence-electron chi connectivity index (χ3n) is 6.97. The largest absolute Gasteiger partial charge is 0.494 e. The molecule has 0 radical (unpaired) electrons. The molecule has 0 N–H and O–H groups in total. The number of carbonyl (C=O) groups is 3. The van der Waals surface area contributed by atoms with E-state index < -0.39 is 17.8 Å². The molecule has 228 valence electrons. The zero-order valence-corrected chi connectivity index (χ0v) is 25.4. The van der Waals surface area contributed by atoms with Crippen LogP contribution >= 0.6 is 0 Å². The Morgan fingerprint density at radius 1 is 1.00 bits per heavy atom. The first kappa shape index (κ1) is 31.9. The summed E-state index contributed by atoms with van der Waals surface area (Å²) in [6.07, 6.45) is 4.44. The smallest absolute Gasteiger partial charge is 0.302 e. The number of nitrogens with zero attached hydrogens (tertiary/aromatic N) is 4. The minimum atomic E-state index is -0.677. The summed E-state index contributed by atoms with van der Waals surface area (Å²) in [5, 5.41) is 14.7. The van der Waals surface area contributed by atoms with Crippen LogP contribution in [0.2, 0.25) is 0 Å². The molecule has 1 aliphatic heterocycles. The monoisotopic (exact) mass is 596 g/mol. The SMILES string of the molecule is CC(=O)OCCOCCN1C(=O)C(C#N)=C(C)/C(=C\c2cn(-c3ccccc3)nc2-c2ccc(OCCC(C)C)cc2)C1=O. The van der Waals surface area contributed by atoms with Crippen LogP contribution in [0.15, 0.2) is 77.5 Å². The van der Waals surface area contributed by atoms with Crippen LogP contribution in [0, 0.1) is 17.2 Å². The molecule has 1 aliphatic rings. The fourth-order valence-corrected chi connectivity index (χ4v) is 4.54. The number of hydrogen-bond donors (Lipinski definition) is 0. The molecular weight excluding hydrogens is 560 g/mol. The second-order valence-corrected chi connectivity index (χ2v) is 10.7. The van der Waals surface area contributed by atoms with Gasteiger partial charge >= 0.3 is 5.97 Å². The molecule has 0 fully saturated rings. The van der Waals surface area contributed by atoms with E-state index >= 15 is 0 Å². The van der Waals surface area contributed by atoms with E-state index in [2.05, 4.69) is 13.8 Å². The fourth-order valence-electron chi connectivity index (χ4n) is 4.54. The molecule has 0 spiro atoms. The maximum Gasteiger partial charge on any atom is 0.302 e. The molecule has 0 bridgehead atoms. The van der Waals surface area contributed by atoms with Gasteiger partial charge in [-0.25, -0.2) is 4.68 Å². The molecular formula is C34H36N4O6. The van der Waals surface area contributed by atoms with E-state index in [4.69, 9.17) is 19.3 Å². The molecule has 4 rings (SSSR count). The average molecular weight is 597 g/mol. The summed E-state index contributed by atoms with van der Waals surface area (Å²) in [6.45, 7) is 7.94. The fraction of sp³-hybridized carbons (Fsp3) is 0.324. The number of para-hydroxylation sites is 1. The van der Waals surface area contributed by atoms with Crippen molar-refractivity contribution in [3.8, 4) is 28.8 Å². The van der Waals surface area contributed by atoms with Crippen LogP contribution in [0.3, 0.4) is 0 Å². The first-order valence-corrected chi connectivity index (χ1v) is 14.5. The Bertz CT molecular complexity index is 1600. The molecule has 0 unspecified atom stereocenters. The molecule has 0 atom stereocenters. The Morgan fingerprint density at radius 3 is 2.39 bits per heavy atom. The molecule has 2 aromatic carbocycles. The number of esters is 1. The van der Waals surface area contributed by atoms with Crippen LogP contribution in [-0.4, -0.2) is 65.4 Å². The van der Waals surface area contributed by atoms with Gasteiger partial charge in [0.1, 0.15) is 24.0 Å². The second kappa shape index (κ2) is 14.9. The van der Waals surface area contributed by atoms with Gasteiger partial charge in [0.2, 0.25) is 0 Å². The van der Waals surface area contributed by atoms with Gasteiger partial charge in [-0.3, -0.25) is 19.3 Å². The lowest BCUT2D eigenvalue weighted by Crippen LogP contribution is -2.44. The van der Waals surface area contributed by atoms with E-state index in [0.717, 1.165) is 28.3 Å². The van der Waals surface area contributed by atoms with Crippen molar-refractivity contribution in [3.05, 3.63) is 83.1 Å². The number of rotatable bonds is 13. The maximum atomic E-state index is 13.7. The van der Waals surface area contributed by atoms with Crippen molar-refractivity contribution in [3.63, 3.8) is 0 Å². The molecule has 10 heteroatoms. The van der Waals surface area contributed by atoms with Gasteiger partial charge in [-0.2, -0.15) is 10.4 Å². The number of amides is 2. The van der Waals surface area contributed by atoms with E-state index in [1.54, 1.807) is 17.7 Å². The Labute approximate surface area is 257 Å². The Balaban J connectivity index is 1.67. The highest BCUT2D eigenvalue weighted by Gasteiger charge is 2.35. The first-order valence-electron chi connectivity index (χ1n) is 14.5. The van der Waals surface area contributed by atoms with Crippen molar-refractivity contribution in [1.29, 1.82) is 5.26 Å². The maximum absolute atomic E-state index is 13.7. The highest BCUT2D eigenvalue weighted by molar-refractivity contribution is 6.19. The number of hydrogen-bond acceptors (Lipinski definition) is 8. The van der Waals surface area contributed by atoms with Gasteiger partial charge in [0.05, 0.1) is 37.7 Å². The van der Waals surface area contributed by atoms with Crippen LogP contribution in [0.4, 0.5) is 0 Å². The predicted molar refractivity (Wildman–Crippen MR) is 164 cm³/mol. The van der Waals surface area contributed by atoms with Crippen molar-refractivity contribution >= 4 is 23.9 Å². The number of ether oxygens (including phenoxy) is 3. The zero-order chi connectivity index (χ0) is 31.6. The van der Waals surface area contributed by atoms with Crippen molar-refractivity contribution in [2.45, 2.75) is 34.1 Å². The van der Waals surface area contributed by atoms with Crippen LogP contribution in [-0.2, 0) is 23.9 Å². The normalized spacial score (nSPS) is 14.4. The predicted octanol–water partition coefficient (Wildman–Crippen LogP) is 5.14.